The fraction of sp³-hybridized carbons (Fsp3) is 0.167. The Labute approximate surface area is 70.0 Å². The molecule has 1 aromatic heterocycles. The molecule has 0 unspecified atom stereocenters. The smallest absolute Gasteiger partial charge is 0.266 e. The highest BCUT2D eigenvalue weighted by atomic mass is 79.9. The van der Waals surface area contributed by atoms with Crippen molar-refractivity contribution in [1.29, 1.82) is 0 Å². The lowest BCUT2D eigenvalue weighted by molar-refractivity contribution is 0.149. The number of nitrogens with zero attached hydrogens (tertiary/aromatic N) is 1. The third-order valence-electron chi connectivity index (χ3n) is 1.09. The normalized spacial score (nSPS) is 10.5. The van der Waals surface area contributed by atoms with Crippen LogP contribution in [-0.2, 0) is 0 Å². The van der Waals surface area contributed by atoms with E-state index in [2.05, 4.69) is 20.9 Å². The Kier molecular flexibility index (Phi) is 2.38. The standard InChI is InChI=1S/C6H4BrF2NO/c7-5-4(6(8)9)1-3(11)2-10-5/h1-2,6,11H. The van der Waals surface area contributed by atoms with Crippen LogP contribution in [0.25, 0.3) is 0 Å². The van der Waals surface area contributed by atoms with Crippen LogP contribution in [-0.4, -0.2) is 10.1 Å². The topological polar surface area (TPSA) is 33.1 Å². The van der Waals surface area contributed by atoms with Crippen molar-refractivity contribution in [3.8, 4) is 5.75 Å². The number of aromatic hydroxyl groups is 1. The summed E-state index contributed by atoms with van der Waals surface area (Å²) in [7, 11) is 0. The molecule has 5 heteroatoms. The highest BCUT2D eigenvalue weighted by Gasteiger charge is 2.12. The molecule has 1 N–H and O–H groups in total. The summed E-state index contributed by atoms with van der Waals surface area (Å²) >= 11 is 2.83. The summed E-state index contributed by atoms with van der Waals surface area (Å²) in [4.78, 5) is 3.49. The SMILES string of the molecule is Oc1cnc(Br)c(C(F)F)c1. The highest BCUT2D eigenvalue weighted by molar-refractivity contribution is 9.10. The Bertz CT molecular complexity index is 267. The van der Waals surface area contributed by atoms with Gasteiger partial charge in [-0.05, 0) is 22.0 Å². The summed E-state index contributed by atoms with van der Waals surface area (Å²) in [5, 5.41) is 8.77. The third-order valence-corrected chi connectivity index (χ3v) is 1.75. The highest BCUT2D eigenvalue weighted by Crippen LogP contribution is 2.27. The predicted molar refractivity (Wildman–Crippen MR) is 38.6 cm³/mol. The number of hydrogen-bond donors (Lipinski definition) is 1. The Morgan fingerprint density at radius 2 is 2.18 bits per heavy atom. The first kappa shape index (κ1) is 8.39. The molecule has 2 nitrogen and oxygen atoms in total. The van der Waals surface area contributed by atoms with Gasteiger partial charge in [-0.3, -0.25) is 0 Å². The Morgan fingerprint density at radius 3 is 2.64 bits per heavy atom. The number of rotatable bonds is 1. The van der Waals surface area contributed by atoms with E-state index < -0.39 is 6.43 Å². The van der Waals surface area contributed by atoms with E-state index in [9.17, 15) is 8.78 Å². The average molecular weight is 224 g/mol. The van der Waals surface area contributed by atoms with E-state index in [1.807, 2.05) is 0 Å². The zero-order valence-corrected chi connectivity index (χ0v) is 6.85. The van der Waals surface area contributed by atoms with Crippen molar-refractivity contribution in [3.05, 3.63) is 22.4 Å². The minimum Gasteiger partial charge on any atom is -0.506 e. The van der Waals surface area contributed by atoms with Gasteiger partial charge in [0.1, 0.15) is 10.4 Å². The van der Waals surface area contributed by atoms with Crippen LogP contribution in [0.5, 0.6) is 5.75 Å². The monoisotopic (exact) mass is 223 g/mol. The first-order chi connectivity index (χ1) is 5.11. The second-order valence-corrected chi connectivity index (χ2v) is 2.63. The zero-order chi connectivity index (χ0) is 8.43. The van der Waals surface area contributed by atoms with Gasteiger partial charge in [0.05, 0.1) is 11.8 Å². The van der Waals surface area contributed by atoms with Crippen LogP contribution < -0.4 is 0 Å². The number of halogens is 3. The minimum atomic E-state index is -2.62. The molecular weight excluding hydrogens is 220 g/mol. The molecule has 0 fully saturated rings. The fourth-order valence-corrected chi connectivity index (χ4v) is 0.996. The van der Waals surface area contributed by atoms with Crippen LogP contribution in [0.3, 0.4) is 0 Å². The lowest BCUT2D eigenvalue weighted by atomic mass is 10.3. The average Bonchev–Trinajstić information content (AvgIpc) is 1.94. The summed E-state index contributed by atoms with van der Waals surface area (Å²) in [6, 6.07) is 0.974. The Hall–Kier alpha value is -0.710. The van der Waals surface area contributed by atoms with E-state index in [4.69, 9.17) is 5.11 Å². The maximum absolute atomic E-state index is 12.0. The molecule has 1 heterocycles. The van der Waals surface area contributed by atoms with Gasteiger partial charge in [-0.25, -0.2) is 13.8 Å². The summed E-state index contributed by atoms with van der Waals surface area (Å²) in [6.45, 7) is 0. The van der Waals surface area contributed by atoms with Crippen molar-refractivity contribution < 1.29 is 13.9 Å². The number of aromatic nitrogens is 1. The largest absolute Gasteiger partial charge is 0.506 e. The van der Waals surface area contributed by atoms with E-state index in [1.54, 1.807) is 0 Å². The Morgan fingerprint density at radius 1 is 1.55 bits per heavy atom. The second-order valence-electron chi connectivity index (χ2n) is 1.87. The van der Waals surface area contributed by atoms with Crippen molar-refractivity contribution in [2.45, 2.75) is 6.43 Å². The molecule has 0 bridgehead atoms. The van der Waals surface area contributed by atoms with E-state index >= 15 is 0 Å². The van der Waals surface area contributed by atoms with Gasteiger partial charge in [0.2, 0.25) is 0 Å². The number of pyridine rings is 1. The van der Waals surface area contributed by atoms with Crippen molar-refractivity contribution in [2.75, 3.05) is 0 Å². The van der Waals surface area contributed by atoms with Crippen LogP contribution in [0, 0.1) is 0 Å². The van der Waals surface area contributed by atoms with Crippen LogP contribution >= 0.6 is 15.9 Å². The maximum Gasteiger partial charge on any atom is 0.266 e. The van der Waals surface area contributed by atoms with Crippen LogP contribution in [0.1, 0.15) is 12.0 Å². The van der Waals surface area contributed by atoms with Crippen molar-refractivity contribution in [3.63, 3.8) is 0 Å². The van der Waals surface area contributed by atoms with Gasteiger partial charge >= 0.3 is 0 Å². The van der Waals surface area contributed by atoms with Gasteiger partial charge in [-0.15, -0.1) is 0 Å². The third kappa shape index (κ3) is 1.86. The van der Waals surface area contributed by atoms with Crippen molar-refractivity contribution in [2.24, 2.45) is 0 Å². The first-order valence-corrected chi connectivity index (χ1v) is 3.53. The minimum absolute atomic E-state index is 0.0605. The number of alkyl halides is 2. The first-order valence-electron chi connectivity index (χ1n) is 2.74. The molecule has 0 aliphatic heterocycles. The molecular formula is C6H4BrF2NO. The molecule has 0 aliphatic carbocycles. The molecule has 1 aromatic rings. The second kappa shape index (κ2) is 3.13. The van der Waals surface area contributed by atoms with Gasteiger partial charge in [0, 0.05) is 0 Å². The lowest BCUT2D eigenvalue weighted by Crippen LogP contribution is -1.88. The van der Waals surface area contributed by atoms with Crippen LogP contribution in [0.2, 0.25) is 0 Å². The molecule has 1 rings (SSSR count). The molecule has 11 heavy (non-hydrogen) atoms. The van der Waals surface area contributed by atoms with Crippen molar-refractivity contribution >= 4 is 15.9 Å². The molecule has 60 valence electrons. The van der Waals surface area contributed by atoms with E-state index in [-0.39, 0.29) is 15.9 Å². The van der Waals surface area contributed by atoms with Gasteiger partial charge < -0.3 is 5.11 Å². The molecule has 0 aromatic carbocycles. The summed E-state index contributed by atoms with van der Waals surface area (Å²) in [5.41, 5.74) is -0.301. The quantitative estimate of drug-likeness (QED) is 0.743. The zero-order valence-electron chi connectivity index (χ0n) is 5.26. The summed E-state index contributed by atoms with van der Waals surface area (Å²) in [6.07, 6.45) is -1.53. The van der Waals surface area contributed by atoms with Gasteiger partial charge in [-0.2, -0.15) is 0 Å². The van der Waals surface area contributed by atoms with E-state index in [1.165, 1.54) is 0 Å². The van der Waals surface area contributed by atoms with E-state index in [0.717, 1.165) is 12.3 Å². The van der Waals surface area contributed by atoms with Crippen LogP contribution in [0.15, 0.2) is 16.9 Å². The molecule has 0 saturated heterocycles. The molecule has 0 aliphatic rings. The predicted octanol–water partition coefficient (Wildman–Crippen LogP) is 2.49. The lowest BCUT2D eigenvalue weighted by Gasteiger charge is -2.01. The van der Waals surface area contributed by atoms with Gasteiger partial charge in [-0.1, -0.05) is 0 Å². The fourth-order valence-electron chi connectivity index (χ4n) is 0.607. The summed E-state index contributed by atoms with van der Waals surface area (Å²) in [5.74, 6) is -0.261. The molecule has 0 saturated carbocycles. The van der Waals surface area contributed by atoms with Crippen LogP contribution in [0.4, 0.5) is 8.78 Å². The molecule has 0 radical (unpaired) electrons. The van der Waals surface area contributed by atoms with Gasteiger partial charge in [0.25, 0.3) is 6.43 Å². The number of hydrogen-bond acceptors (Lipinski definition) is 2. The molecule has 0 spiro atoms. The van der Waals surface area contributed by atoms with E-state index in [0.29, 0.717) is 0 Å². The van der Waals surface area contributed by atoms with Gasteiger partial charge in [0.15, 0.2) is 0 Å². The maximum atomic E-state index is 12.0. The summed E-state index contributed by atoms with van der Waals surface area (Å²) < 4.78 is 24.1. The molecule has 0 atom stereocenters. The Balaban J connectivity index is 3.13. The van der Waals surface area contributed by atoms with Crippen molar-refractivity contribution in [1.82, 2.24) is 4.98 Å². The molecule has 0 amide bonds.